The Bertz CT molecular complexity index is 275. The number of hydrogen-bond donors (Lipinski definition) is 0. The van der Waals surface area contributed by atoms with Gasteiger partial charge in [-0.25, -0.2) is 0 Å². The van der Waals surface area contributed by atoms with Gasteiger partial charge in [0.15, 0.2) is 0 Å². The first kappa shape index (κ1) is 9.95. The normalized spacial score (nSPS) is 40.8. The molecule has 0 N–H and O–H groups in total. The van der Waals surface area contributed by atoms with Crippen molar-refractivity contribution < 1.29 is 4.79 Å². The van der Waals surface area contributed by atoms with Gasteiger partial charge in [0.25, 0.3) is 0 Å². The topological polar surface area (TPSA) is 17.1 Å². The Labute approximate surface area is 86.6 Å². The van der Waals surface area contributed by atoms with Gasteiger partial charge in [0.1, 0.15) is 5.78 Å². The van der Waals surface area contributed by atoms with Crippen molar-refractivity contribution in [2.45, 2.75) is 40.0 Å². The molecule has 0 unspecified atom stereocenters. The zero-order chi connectivity index (χ0) is 10.3. The number of fused-ring (bicyclic) bond motifs is 1. The molecular formula is C13H20O. The maximum absolute atomic E-state index is 11.9. The molecule has 0 aliphatic heterocycles. The zero-order valence-corrected chi connectivity index (χ0v) is 9.42. The molecule has 1 saturated carbocycles. The van der Waals surface area contributed by atoms with E-state index in [1.165, 1.54) is 0 Å². The predicted octanol–water partition coefficient (Wildman–Crippen LogP) is 3.20. The molecule has 0 amide bonds. The molecule has 0 bridgehead atoms. The summed E-state index contributed by atoms with van der Waals surface area (Å²) in [6.45, 7) is 6.83. The van der Waals surface area contributed by atoms with Gasteiger partial charge in [-0.15, -0.1) is 0 Å². The summed E-state index contributed by atoms with van der Waals surface area (Å²) in [7, 11) is 0. The molecule has 0 spiro atoms. The fraction of sp³-hybridized carbons (Fsp3) is 0.769. The van der Waals surface area contributed by atoms with E-state index in [0.717, 1.165) is 19.3 Å². The molecule has 0 saturated heterocycles. The molecule has 2 aliphatic carbocycles. The van der Waals surface area contributed by atoms with Gasteiger partial charge in [0.05, 0.1) is 0 Å². The number of rotatable bonds is 0. The summed E-state index contributed by atoms with van der Waals surface area (Å²) in [5.41, 5.74) is 0.359. The van der Waals surface area contributed by atoms with E-state index in [1.807, 2.05) is 0 Å². The fourth-order valence-electron chi connectivity index (χ4n) is 3.19. The molecule has 0 aromatic heterocycles. The number of carbonyl (C=O) groups excluding carboxylic acids is 1. The Morgan fingerprint density at radius 1 is 1.43 bits per heavy atom. The Kier molecular flexibility index (Phi) is 2.29. The Balaban J connectivity index is 2.31. The summed E-state index contributed by atoms with van der Waals surface area (Å²) in [5, 5.41) is 0. The van der Waals surface area contributed by atoms with Crippen LogP contribution in [0.25, 0.3) is 0 Å². The lowest BCUT2D eigenvalue weighted by molar-refractivity contribution is -0.133. The van der Waals surface area contributed by atoms with Crippen LogP contribution in [0, 0.1) is 23.2 Å². The highest BCUT2D eigenvalue weighted by Gasteiger charge is 2.45. The van der Waals surface area contributed by atoms with E-state index in [2.05, 4.69) is 32.9 Å². The van der Waals surface area contributed by atoms with Gasteiger partial charge < -0.3 is 0 Å². The van der Waals surface area contributed by atoms with Crippen molar-refractivity contribution in [1.29, 1.82) is 0 Å². The predicted molar refractivity (Wildman–Crippen MR) is 57.9 cm³/mol. The zero-order valence-electron chi connectivity index (χ0n) is 9.42. The first-order valence-electron chi connectivity index (χ1n) is 5.72. The quantitative estimate of drug-likeness (QED) is 0.539. The summed E-state index contributed by atoms with van der Waals surface area (Å²) in [5.74, 6) is 1.86. The molecule has 3 atom stereocenters. The van der Waals surface area contributed by atoms with Crippen LogP contribution in [0.5, 0.6) is 0 Å². The van der Waals surface area contributed by atoms with Gasteiger partial charge >= 0.3 is 0 Å². The Hall–Kier alpha value is -0.590. The van der Waals surface area contributed by atoms with Crippen molar-refractivity contribution >= 4 is 5.78 Å². The molecule has 1 nitrogen and oxygen atoms in total. The van der Waals surface area contributed by atoms with E-state index >= 15 is 0 Å². The molecule has 78 valence electrons. The number of allylic oxidation sites excluding steroid dienone is 2. The monoisotopic (exact) mass is 192 g/mol. The third kappa shape index (κ3) is 1.43. The van der Waals surface area contributed by atoms with E-state index in [1.54, 1.807) is 0 Å². The Morgan fingerprint density at radius 3 is 2.79 bits per heavy atom. The van der Waals surface area contributed by atoms with Gasteiger partial charge in [-0.2, -0.15) is 0 Å². The summed E-state index contributed by atoms with van der Waals surface area (Å²) >= 11 is 0. The molecule has 0 aromatic rings. The van der Waals surface area contributed by atoms with Crippen LogP contribution in [-0.2, 0) is 4.79 Å². The van der Waals surface area contributed by atoms with Crippen LogP contribution >= 0.6 is 0 Å². The van der Waals surface area contributed by atoms with Crippen molar-refractivity contribution in [3.63, 3.8) is 0 Å². The molecule has 0 aromatic carbocycles. The third-order valence-electron chi connectivity index (χ3n) is 4.22. The average molecular weight is 192 g/mol. The maximum atomic E-state index is 11.9. The minimum absolute atomic E-state index is 0.309. The summed E-state index contributed by atoms with van der Waals surface area (Å²) in [6.07, 6.45) is 7.47. The highest BCUT2D eigenvalue weighted by Crippen LogP contribution is 2.48. The molecule has 14 heavy (non-hydrogen) atoms. The summed E-state index contributed by atoms with van der Waals surface area (Å²) < 4.78 is 0. The third-order valence-corrected chi connectivity index (χ3v) is 4.22. The number of ketones is 1. The van der Waals surface area contributed by atoms with Gasteiger partial charge in [-0.3, -0.25) is 4.79 Å². The first-order chi connectivity index (χ1) is 6.52. The maximum Gasteiger partial charge on any atom is 0.136 e. The van der Waals surface area contributed by atoms with E-state index in [-0.39, 0.29) is 0 Å². The van der Waals surface area contributed by atoms with Crippen molar-refractivity contribution in [2.75, 3.05) is 0 Å². The van der Waals surface area contributed by atoms with Gasteiger partial charge in [0, 0.05) is 12.3 Å². The average Bonchev–Trinajstić information content (AvgIpc) is 2.12. The van der Waals surface area contributed by atoms with Crippen molar-refractivity contribution in [3.8, 4) is 0 Å². The van der Waals surface area contributed by atoms with Gasteiger partial charge in [-0.1, -0.05) is 32.9 Å². The van der Waals surface area contributed by atoms with Crippen LogP contribution in [0.3, 0.4) is 0 Å². The van der Waals surface area contributed by atoms with Crippen LogP contribution < -0.4 is 0 Å². The lowest BCUT2D eigenvalue weighted by Gasteiger charge is -2.46. The van der Waals surface area contributed by atoms with E-state index in [4.69, 9.17) is 0 Å². The van der Waals surface area contributed by atoms with E-state index < -0.39 is 0 Å². The van der Waals surface area contributed by atoms with Crippen LogP contribution in [0.2, 0.25) is 0 Å². The van der Waals surface area contributed by atoms with Gasteiger partial charge in [0.2, 0.25) is 0 Å². The Morgan fingerprint density at radius 2 is 2.14 bits per heavy atom. The van der Waals surface area contributed by atoms with Crippen LogP contribution in [0.4, 0.5) is 0 Å². The van der Waals surface area contributed by atoms with Crippen LogP contribution in [0.1, 0.15) is 40.0 Å². The van der Waals surface area contributed by atoms with E-state index in [0.29, 0.717) is 29.0 Å². The molecule has 2 rings (SSSR count). The minimum Gasteiger partial charge on any atom is -0.299 e. The van der Waals surface area contributed by atoms with Crippen molar-refractivity contribution in [3.05, 3.63) is 12.2 Å². The van der Waals surface area contributed by atoms with Crippen molar-refractivity contribution in [1.82, 2.24) is 0 Å². The number of Topliss-reactive ketones (excluding diaryl/α,β-unsaturated/α-hetero) is 1. The SMILES string of the molecule is C[C@@H]1C=CC[C@H]2[C@@H]1C(=O)CCC2(C)C. The number of carbonyl (C=O) groups is 1. The highest BCUT2D eigenvalue weighted by molar-refractivity contribution is 5.83. The van der Waals surface area contributed by atoms with E-state index in [9.17, 15) is 4.79 Å². The van der Waals surface area contributed by atoms with Gasteiger partial charge in [-0.05, 0) is 30.1 Å². The molecule has 0 heterocycles. The number of hydrogen-bond acceptors (Lipinski definition) is 1. The van der Waals surface area contributed by atoms with Crippen LogP contribution in [-0.4, -0.2) is 5.78 Å². The second kappa shape index (κ2) is 3.22. The second-order valence-corrected chi connectivity index (χ2v) is 5.61. The molecule has 1 heteroatoms. The summed E-state index contributed by atoms with van der Waals surface area (Å²) in [4.78, 5) is 11.9. The molecule has 2 aliphatic rings. The van der Waals surface area contributed by atoms with Crippen LogP contribution in [0.15, 0.2) is 12.2 Å². The first-order valence-corrected chi connectivity index (χ1v) is 5.72. The van der Waals surface area contributed by atoms with Crippen molar-refractivity contribution in [2.24, 2.45) is 23.2 Å². The summed E-state index contributed by atoms with van der Waals surface area (Å²) in [6, 6.07) is 0. The second-order valence-electron chi connectivity index (χ2n) is 5.61. The lowest BCUT2D eigenvalue weighted by atomic mass is 9.57. The smallest absolute Gasteiger partial charge is 0.136 e. The fourth-order valence-corrected chi connectivity index (χ4v) is 3.19. The molecular weight excluding hydrogens is 172 g/mol. The standard InChI is InChI=1S/C13H20O/c1-9-5-4-6-10-12(9)11(14)7-8-13(10,2)3/h4-5,9-10,12H,6-8H2,1-3H3/t9-,10+,12-/m1/s1. The molecule has 1 fully saturated rings. The lowest BCUT2D eigenvalue weighted by Crippen LogP contribution is -2.44. The minimum atomic E-state index is 0.309. The largest absolute Gasteiger partial charge is 0.299 e. The molecule has 0 radical (unpaired) electrons. The highest BCUT2D eigenvalue weighted by atomic mass is 16.1.